The number of benzene rings is 2. The summed E-state index contributed by atoms with van der Waals surface area (Å²) >= 11 is 7.41. The van der Waals surface area contributed by atoms with Crippen molar-refractivity contribution in [1.82, 2.24) is 19.7 Å². The number of piperazine rings is 1. The number of carbonyl (C=O) groups excluding carboxylic acids is 2. The van der Waals surface area contributed by atoms with Crippen molar-refractivity contribution < 1.29 is 9.59 Å². The Labute approximate surface area is 207 Å². The molecule has 2 aliphatic heterocycles. The third-order valence-electron chi connectivity index (χ3n) is 6.40. The van der Waals surface area contributed by atoms with Gasteiger partial charge in [0.1, 0.15) is 0 Å². The summed E-state index contributed by atoms with van der Waals surface area (Å²) in [5, 5.41) is 6.43. The maximum atomic E-state index is 12.9. The highest BCUT2D eigenvalue weighted by molar-refractivity contribution is 7.11. The van der Waals surface area contributed by atoms with Crippen LogP contribution in [0.5, 0.6) is 0 Å². The van der Waals surface area contributed by atoms with Crippen molar-refractivity contribution in [2.75, 3.05) is 44.6 Å². The van der Waals surface area contributed by atoms with Crippen LogP contribution < -0.4 is 5.32 Å². The first kappa shape index (κ1) is 22.8. The summed E-state index contributed by atoms with van der Waals surface area (Å²) in [6.07, 6.45) is 1.67. The second-order valence-electron chi connectivity index (χ2n) is 8.59. The van der Waals surface area contributed by atoms with Gasteiger partial charge in [0, 0.05) is 79.7 Å². The molecule has 0 bridgehead atoms. The Balaban J connectivity index is 1.07. The molecule has 2 fully saturated rings. The number of hydrogen-bond donors (Lipinski definition) is 1. The van der Waals surface area contributed by atoms with Crippen LogP contribution in [-0.2, 0) is 6.54 Å². The molecule has 1 aromatic heterocycles. The van der Waals surface area contributed by atoms with Crippen LogP contribution in [0.25, 0.3) is 0 Å². The Morgan fingerprint density at radius 3 is 2.44 bits per heavy atom. The average Bonchev–Trinajstić information content (AvgIpc) is 3.37. The average molecular weight is 496 g/mol. The number of hydrogen-bond acceptors (Lipinski definition) is 6. The van der Waals surface area contributed by atoms with Crippen molar-refractivity contribution >= 4 is 40.4 Å². The highest BCUT2D eigenvalue weighted by Gasteiger charge is 2.37. The number of nitrogens with one attached hydrogen (secondary N) is 1. The molecule has 2 aliphatic rings. The lowest BCUT2D eigenvalue weighted by atomic mass is 10.0. The molecule has 9 heteroatoms. The summed E-state index contributed by atoms with van der Waals surface area (Å²) in [4.78, 5) is 35.6. The number of nitrogens with zero attached hydrogens (tertiary/aromatic N) is 4. The number of aromatic nitrogens is 1. The van der Waals surface area contributed by atoms with E-state index < -0.39 is 0 Å². The first-order valence-corrected chi connectivity index (χ1v) is 12.6. The van der Waals surface area contributed by atoms with E-state index in [1.54, 1.807) is 6.20 Å². The second-order valence-corrected chi connectivity index (χ2v) is 9.92. The van der Waals surface area contributed by atoms with Crippen LogP contribution in [0.1, 0.15) is 25.7 Å². The zero-order chi connectivity index (χ0) is 23.5. The molecule has 0 unspecified atom stereocenters. The molecule has 2 saturated heterocycles. The molecule has 176 valence electrons. The summed E-state index contributed by atoms with van der Waals surface area (Å²) < 4.78 is 0. The SMILES string of the molecule is O=C(c1ccc(CNc2cccc(Cl)c2)cc1)N1CC(N2CCN(C(=O)c3nccs3)CC2)C1. The number of thiazole rings is 1. The standard InChI is InChI=1S/C25H26ClN5O2S/c26-20-2-1-3-21(14-20)28-15-18-4-6-19(7-5-18)24(32)31-16-22(17-31)29-9-11-30(12-10-29)25(33)23-27-8-13-34-23/h1-8,13-14,22,28H,9-12,15-17H2. The zero-order valence-electron chi connectivity index (χ0n) is 18.7. The number of likely N-dealkylation sites (tertiary alicyclic amines) is 1. The molecule has 34 heavy (non-hydrogen) atoms. The van der Waals surface area contributed by atoms with Crippen molar-refractivity contribution in [2.45, 2.75) is 12.6 Å². The molecule has 2 aromatic carbocycles. The minimum atomic E-state index is 0.0197. The molecule has 2 amide bonds. The van der Waals surface area contributed by atoms with E-state index in [0.717, 1.165) is 37.4 Å². The molecule has 0 spiro atoms. The van der Waals surface area contributed by atoms with Crippen molar-refractivity contribution in [3.8, 4) is 0 Å². The summed E-state index contributed by atoms with van der Waals surface area (Å²) in [5.74, 6) is 0.0921. The monoisotopic (exact) mass is 495 g/mol. The molecule has 1 N–H and O–H groups in total. The molecule has 5 rings (SSSR count). The van der Waals surface area contributed by atoms with E-state index in [1.165, 1.54) is 11.3 Å². The molecule has 3 heterocycles. The van der Waals surface area contributed by atoms with Gasteiger partial charge in [0.15, 0.2) is 5.01 Å². The lowest BCUT2D eigenvalue weighted by molar-refractivity contribution is 0.00853. The fraction of sp³-hybridized carbons (Fsp3) is 0.320. The predicted octanol–water partition coefficient (Wildman–Crippen LogP) is 3.69. The Kier molecular flexibility index (Phi) is 6.80. The lowest BCUT2D eigenvalue weighted by Crippen LogP contribution is -2.64. The third kappa shape index (κ3) is 5.09. The van der Waals surface area contributed by atoms with Crippen LogP contribution in [0.3, 0.4) is 0 Å². The number of halogens is 1. The van der Waals surface area contributed by atoms with Crippen molar-refractivity contribution in [3.63, 3.8) is 0 Å². The van der Waals surface area contributed by atoms with Gasteiger partial charge in [-0.3, -0.25) is 14.5 Å². The van der Waals surface area contributed by atoms with Crippen LogP contribution in [0.15, 0.2) is 60.1 Å². The van der Waals surface area contributed by atoms with Gasteiger partial charge in [-0.25, -0.2) is 4.98 Å². The molecule has 0 atom stereocenters. The maximum absolute atomic E-state index is 12.9. The fourth-order valence-electron chi connectivity index (χ4n) is 4.36. The van der Waals surface area contributed by atoms with E-state index in [2.05, 4.69) is 15.2 Å². The summed E-state index contributed by atoms with van der Waals surface area (Å²) in [6.45, 7) is 5.20. The van der Waals surface area contributed by atoms with Crippen LogP contribution in [0, 0.1) is 0 Å². The van der Waals surface area contributed by atoms with Crippen molar-refractivity contribution in [1.29, 1.82) is 0 Å². The molecule has 0 radical (unpaired) electrons. The minimum absolute atomic E-state index is 0.0197. The van der Waals surface area contributed by atoms with E-state index in [4.69, 9.17) is 11.6 Å². The third-order valence-corrected chi connectivity index (χ3v) is 7.40. The van der Waals surface area contributed by atoms with E-state index in [-0.39, 0.29) is 11.8 Å². The van der Waals surface area contributed by atoms with Gasteiger partial charge in [0.25, 0.3) is 11.8 Å². The topological polar surface area (TPSA) is 68.8 Å². The van der Waals surface area contributed by atoms with E-state index in [1.807, 2.05) is 63.7 Å². The normalized spacial score (nSPS) is 16.9. The van der Waals surface area contributed by atoms with Gasteiger partial charge in [-0.1, -0.05) is 29.8 Å². The number of amides is 2. The summed E-state index contributed by atoms with van der Waals surface area (Å²) in [5.41, 5.74) is 2.78. The number of anilines is 1. The van der Waals surface area contributed by atoms with Crippen molar-refractivity contribution in [3.05, 3.63) is 81.3 Å². The first-order valence-electron chi connectivity index (χ1n) is 11.4. The summed E-state index contributed by atoms with van der Waals surface area (Å²) in [6, 6.07) is 15.7. The van der Waals surface area contributed by atoms with Gasteiger partial charge >= 0.3 is 0 Å². The maximum Gasteiger partial charge on any atom is 0.282 e. The van der Waals surface area contributed by atoms with Gasteiger partial charge in [-0.15, -0.1) is 11.3 Å². The minimum Gasteiger partial charge on any atom is -0.381 e. The molecule has 0 aliphatic carbocycles. The second kappa shape index (κ2) is 10.1. The van der Waals surface area contributed by atoms with E-state index >= 15 is 0 Å². The van der Waals surface area contributed by atoms with Crippen LogP contribution >= 0.6 is 22.9 Å². The van der Waals surface area contributed by atoms with Gasteiger partial charge in [-0.2, -0.15) is 0 Å². The van der Waals surface area contributed by atoms with Gasteiger partial charge in [0.2, 0.25) is 0 Å². The van der Waals surface area contributed by atoms with Crippen LogP contribution in [0.2, 0.25) is 5.02 Å². The highest BCUT2D eigenvalue weighted by Crippen LogP contribution is 2.21. The molecule has 0 saturated carbocycles. The van der Waals surface area contributed by atoms with E-state index in [0.29, 0.717) is 41.3 Å². The Hall–Kier alpha value is -2.94. The Bertz CT molecular complexity index is 1140. The smallest absolute Gasteiger partial charge is 0.282 e. The van der Waals surface area contributed by atoms with E-state index in [9.17, 15) is 9.59 Å². The molecule has 7 nitrogen and oxygen atoms in total. The predicted molar refractivity (Wildman–Crippen MR) is 135 cm³/mol. The first-order chi connectivity index (χ1) is 16.6. The van der Waals surface area contributed by atoms with Gasteiger partial charge in [-0.05, 0) is 35.9 Å². The van der Waals surface area contributed by atoms with Gasteiger partial charge < -0.3 is 15.1 Å². The number of carbonyl (C=O) groups is 2. The van der Waals surface area contributed by atoms with Crippen molar-refractivity contribution in [2.24, 2.45) is 0 Å². The molecular weight excluding hydrogens is 470 g/mol. The highest BCUT2D eigenvalue weighted by atomic mass is 35.5. The van der Waals surface area contributed by atoms with Gasteiger partial charge in [0.05, 0.1) is 0 Å². The molecular formula is C25H26ClN5O2S. The summed E-state index contributed by atoms with van der Waals surface area (Å²) in [7, 11) is 0. The van der Waals surface area contributed by atoms with Crippen LogP contribution in [0.4, 0.5) is 5.69 Å². The Morgan fingerprint density at radius 1 is 1.00 bits per heavy atom. The van der Waals surface area contributed by atoms with Crippen LogP contribution in [-0.4, -0.2) is 76.8 Å². The zero-order valence-corrected chi connectivity index (χ0v) is 20.3. The lowest BCUT2D eigenvalue weighted by Gasteiger charge is -2.48. The molecule has 3 aromatic rings. The fourth-order valence-corrected chi connectivity index (χ4v) is 5.15. The Morgan fingerprint density at radius 2 is 1.76 bits per heavy atom. The quantitative estimate of drug-likeness (QED) is 0.565. The number of rotatable bonds is 6. The largest absolute Gasteiger partial charge is 0.381 e.